The summed E-state index contributed by atoms with van der Waals surface area (Å²) < 4.78 is 8.04. The van der Waals surface area contributed by atoms with Crippen LogP contribution in [0.3, 0.4) is 0 Å². The lowest BCUT2D eigenvalue weighted by molar-refractivity contribution is 0.0988. The van der Waals surface area contributed by atoms with E-state index in [2.05, 4.69) is 40.1 Å². The van der Waals surface area contributed by atoms with E-state index in [1.54, 1.807) is 0 Å². The molecule has 1 saturated heterocycles. The van der Waals surface area contributed by atoms with Crippen molar-refractivity contribution in [1.29, 1.82) is 0 Å². The second-order valence-corrected chi connectivity index (χ2v) is 6.97. The van der Waals surface area contributed by atoms with Crippen LogP contribution >= 0.6 is 0 Å². The Bertz CT molecular complexity index is 1070. The van der Waals surface area contributed by atoms with Crippen molar-refractivity contribution in [2.24, 2.45) is 0 Å². The number of piperidine rings is 1. The lowest BCUT2D eigenvalue weighted by Crippen LogP contribution is -2.38. The number of H-pyrrole nitrogens is 1. The number of hydrogen-bond acceptors (Lipinski definition) is 4. The number of likely N-dealkylation sites (tertiary alicyclic amines) is 1. The van der Waals surface area contributed by atoms with Gasteiger partial charge in [-0.1, -0.05) is 12.1 Å². The number of rotatable bonds is 3. The van der Waals surface area contributed by atoms with E-state index in [0.717, 1.165) is 53.7 Å². The highest BCUT2D eigenvalue weighted by Crippen LogP contribution is 2.29. The van der Waals surface area contributed by atoms with Gasteiger partial charge in [-0.25, -0.2) is 9.50 Å². The first-order chi connectivity index (χ1) is 12.8. The minimum absolute atomic E-state index is 0.193. The van der Waals surface area contributed by atoms with Crippen LogP contribution in [0.15, 0.2) is 48.8 Å². The van der Waals surface area contributed by atoms with Gasteiger partial charge in [-0.3, -0.25) is 0 Å². The molecule has 6 heteroatoms. The van der Waals surface area contributed by atoms with Crippen LogP contribution in [-0.2, 0) is 0 Å². The van der Waals surface area contributed by atoms with Crippen LogP contribution in [0.5, 0.6) is 5.88 Å². The second kappa shape index (κ2) is 6.14. The molecule has 0 bridgehead atoms. The molecule has 0 saturated carbocycles. The molecule has 0 aliphatic carbocycles. The standard InChI is InChI=1S/C20H21N5O/c1-24-11-3-4-14(13-24)26-20-8-7-19-22-12-18(25(19)23-20)16-5-2-6-17-15(16)9-10-21-17/h2,5-10,12,14,21H,3-4,11,13H2,1H3. The Morgan fingerprint density at radius 3 is 3.08 bits per heavy atom. The zero-order valence-electron chi connectivity index (χ0n) is 14.7. The summed E-state index contributed by atoms with van der Waals surface area (Å²) in [6, 6.07) is 12.2. The van der Waals surface area contributed by atoms with E-state index in [0.29, 0.717) is 5.88 Å². The number of ether oxygens (including phenoxy) is 1. The van der Waals surface area contributed by atoms with Crippen molar-refractivity contribution >= 4 is 16.6 Å². The number of likely N-dealkylation sites (N-methyl/N-ethyl adjacent to an activating group) is 1. The van der Waals surface area contributed by atoms with Gasteiger partial charge >= 0.3 is 0 Å². The SMILES string of the molecule is CN1CCCC(Oc2ccc3ncc(-c4cccc5[nH]ccc45)n3n2)C1. The van der Waals surface area contributed by atoms with Crippen molar-refractivity contribution in [2.75, 3.05) is 20.1 Å². The van der Waals surface area contributed by atoms with E-state index in [-0.39, 0.29) is 6.10 Å². The maximum Gasteiger partial charge on any atom is 0.232 e. The highest BCUT2D eigenvalue weighted by atomic mass is 16.5. The Balaban J connectivity index is 1.54. The molecule has 132 valence electrons. The fraction of sp³-hybridized carbons (Fsp3) is 0.300. The fourth-order valence-electron chi connectivity index (χ4n) is 3.80. The van der Waals surface area contributed by atoms with Gasteiger partial charge < -0.3 is 14.6 Å². The molecule has 1 N–H and O–H groups in total. The number of nitrogens with zero attached hydrogens (tertiary/aromatic N) is 4. The van der Waals surface area contributed by atoms with Crippen LogP contribution in [0.2, 0.25) is 0 Å². The summed E-state index contributed by atoms with van der Waals surface area (Å²) in [6.45, 7) is 2.08. The highest BCUT2D eigenvalue weighted by molar-refractivity contribution is 5.94. The largest absolute Gasteiger partial charge is 0.472 e. The van der Waals surface area contributed by atoms with Crippen LogP contribution < -0.4 is 4.74 Å². The van der Waals surface area contributed by atoms with Gasteiger partial charge in [0, 0.05) is 35.3 Å². The van der Waals surface area contributed by atoms with Gasteiger partial charge in [-0.2, -0.15) is 0 Å². The number of aromatic nitrogens is 4. The number of nitrogens with one attached hydrogen (secondary N) is 1. The molecule has 3 aromatic heterocycles. The van der Waals surface area contributed by atoms with E-state index < -0.39 is 0 Å². The van der Waals surface area contributed by atoms with Crippen LogP contribution in [-0.4, -0.2) is 50.7 Å². The first-order valence-electron chi connectivity index (χ1n) is 9.04. The van der Waals surface area contributed by atoms with Gasteiger partial charge in [0.1, 0.15) is 6.10 Å². The minimum Gasteiger partial charge on any atom is -0.472 e. The van der Waals surface area contributed by atoms with Crippen LogP contribution in [0.25, 0.3) is 27.8 Å². The van der Waals surface area contributed by atoms with Gasteiger partial charge in [0.2, 0.25) is 5.88 Å². The molecule has 1 aromatic carbocycles. The van der Waals surface area contributed by atoms with E-state index in [1.807, 2.05) is 35.1 Å². The third-order valence-electron chi connectivity index (χ3n) is 5.08. The number of hydrogen-bond donors (Lipinski definition) is 1. The van der Waals surface area contributed by atoms with E-state index in [1.165, 1.54) is 0 Å². The molecule has 1 aliphatic rings. The Hall–Kier alpha value is -2.86. The Kier molecular flexibility index (Phi) is 3.64. The van der Waals surface area contributed by atoms with Crippen LogP contribution in [0.1, 0.15) is 12.8 Å². The fourth-order valence-corrected chi connectivity index (χ4v) is 3.80. The topological polar surface area (TPSA) is 58.5 Å². The monoisotopic (exact) mass is 347 g/mol. The summed E-state index contributed by atoms with van der Waals surface area (Å²) in [5.74, 6) is 0.651. The predicted octanol–water partition coefficient (Wildman–Crippen LogP) is 3.35. The zero-order valence-corrected chi connectivity index (χ0v) is 14.7. The average Bonchev–Trinajstić information content (AvgIpc) is 3.28. The summed E-state index contributed by atoms with van der Waals surface area (Å²) in [7, 11) is 2.14. The van der Waals surface area contributed by atoms with Crippen LogP contribution in [0, 0.1) is 0 Å². The number of aromatic amines is 1. The van der Waals surface area contributed by atoms with E-state index in [9.17, 15) is 0 Å². The normalized spacial score (nSPS) is 18.6. The third kappa shape index (κ3) is 2.63. The summed E-state index contributed by atoms with van der Waals surface area (Å²) in [4.78, 5) is 10.1. The molecule has 0 radical (unpaired) electrons. The van der Waals surface area contributed by atoms with E-state index in [4.69, 9.17) is 9.84 Å². The van der Waals surface area contributed by atoms with Gasteiger partial charge in [-0.15, -0.1) is 5.10 Å². The molecule has 1 fully saturated rings. The molecule has 1 unspecified atom stereocenters. The molecule has 4 heterocycles. The number of imidazole rings is 1. The maximum absolute atomic E-state index is 6.16. The van der Waals surface area contributed by atoms with E-state index >= 15 is 0 Å². The smallest absolute Gasteiger partial charge is 0.232 e. The lowest BCUT2D eigenvalue weighted by atomic mass is 10.1. The van der Waals surface area contributed by atoms with Gasteiger partial charge in [0.25, 0.3) is 0 Å². The van der Waals surface area contributed by atoms with Crippen molar-refractivity contribution in [1.82, 2.24) is 24.5 Å². The molecule has 5 rings (SSSR count). The maximum atomic E-state index is 6.16. The van der Waals surface area contributed by atoms with Gasteiger partial charge in [0.15, 0.2) is 5.65 Å². The zero-order chi connectivity index (χ0) is 17.5. The molecule has 6 nitrogen and oxygen atoms in total. The van der Waals surface area contributed by atoms with Crippen molar-refractivity contribution in [3.8, 4) is 17.1 Å². The summed E-state index contributed by atoms with van der Waals surface area (Å²) in [5, 5.41) is 5.89. The molecule has 0 amide bonds. The van der Waals surface area contributed by atoms with Crippen LogP contribution in [0.4, 0.5) is 0 Å². The quantitative estimate of drug-likeness (QED) is 0.617. The molecule has 1 atom stereocenters. The number of benzene rings is 1. The lowest BCUT2D eigenvalue weighted by Gasteiger charge is -2.29. The second-order valence-electron chi connectivity index (χ2n) is 6.97. The first-order valence-corrected chi connectivity index (χ1v) is 9.04. The van der Waals surface area contributed by atoms with Gasteiger partial charge in [0.05, 0.1) is 11.9 Å². The van der Waals surface area contributed by atoms with Crippen molar-refractivity contribution in [3.63, 3.8) is 0 Å². The Morgan fingerprint density at radius 2 is 2.15 bits per heavy atom. The molecule has 4 aromatic rings. The summed E-state index contributed by atoms with van der Waals surface area (Å²) in [6.07, 6.45) is 6.26. The van der Waals surface area contributed by atoms with Crippen molar-refractivity contribution in [3.05, 3.63) is 48.8 Å². The summed E-state index contributed by atoms with van der Waals surface area (Å²) in [5.41, 5.74) is 4.01. The minimum atomic E-state index is 0.193. The first kappa shape index (κ1) is 15.4. The predicted molar refractivity (Wildman–Crippen MR) is 101 cm³/mol. The molecular weight excluding hydrogens is 326 g/mol. The molecule has 0 spiro atoms. The Morgan fingerprint density at radius 1 is 1.19 bits per heavy atom. The third-order valence-corrected chi connectivity index (χ3v) is 5.08. The van der Waals surface area contributed by atoms with Gasteiger partial charge in [-0.05, 0) is 44.6 Å². The highest BCUT2D eigenvalue weighted by Gasteiger charge is 2.19. The Labute approximate surface area is 151 Å². The van der Waals surface area contributed by atoms with Crippen molar-refractivity contribution < 1.29 is 4.74 Å². The average molecular weight is 347 g/mol. The molecular formula is C20H21N5O. The molecule has 26 heavy (non-hydrogen) atoms. The summed E-state index contributed by atoms with van der Waals surface area (Å²) >= 11 is 0. The van der Waals surface area contributed by atoms with Crippen molar-refractivity contribution in [2.45, 2.75) is 18.9 Å². The number of fused-ring (bicyclic) bond motifs is 2. The molecule has 1 aliphatic heterocycles.